The smallest absolute Gasteiger partial charge is 0.158 e. The molecule has 0 radical (unpaired) electrons. The average molecular weight is 200 g/mol. The van der Waals surface area contributed by atoms with Gasteiger partial charge in [0.05, 0.1) is 0 Å². The zero-order valence-electron chi connectivity index (χ0n) is 9.12. The molecule has 0 saturated heterocycles. The summed E-state index contributed by atoms with van der Waals surface area (Å²) < 4.78 is 0. The van der Waals surface area contributed by atoms with Crippen LogP contribution in [0.4, 0.5) is 0 Å². The molecular weight excluding hydrogens is 184 g/mol. The predicted molar refractivity (Wildman–Crippen MR) is 62.6 cm³/mol. The van der Waals surface area contributed by atoms with Gasteiger partial charge in [0, 0.05) is 6.42 Å². The number of hydrogen-bond donors (Lipinski definition) is 0. The van der Waals surface area contributed by atoms with E-state index >= 15 is 0 Å². The van der Waals surface area contributed by atoms with E-state index in [4.69, 9.17) is 0 Å². The van der Waals surface area contributed by atoms with E-state index in [1.165, 1.54) is 5.56 Å². The largest absolute Gasteiger partial charge is 0.295 e. The summed E-state index contributed by atoms with van der Waals surface area (Å²) in [7, 11) is 0. The number of carbonyl (C=O) groups excluding carboxylic acids is 1. The minimum absolute atomic E-state index is 0.335. The maximum atomic E-state index is 11.6. The van der Waals surface area contributed by atoms with Crippen LogP contribution in [0, 0.1) is 6.92 Å². The van der Waals surface area contributed by atoms with Crippen LogP contribution in [0.25, 0.3) is 6.08 Å². The van der Waals surface area contributed by atoms with E-state index in [0.29, 0.717) is 5.78 Å². The van der Waals surface area contributed by atoms with Crippen LogP contribution in [0.1, 0.15) is 36.8 Å². The lowest BCUT2D eigenvalue weighted by atomic mass is 9.92. The van der Waals surface area contributed by atoms with Gasteiger partial charge in [-0.1, -0.05) is 29.8 Å². The Morgan fingerprint density at radius 3 is 2.40 bits per heavy atom. The summed E-state index contributed by atoms with van der Waals surface area (Å²) in [5.74, 6) is 0.335. The van der Waals surface area contributed by atoms with Gasteiger partial charge >= 0.3 is 0 Å². The molecule has 0 bridgehead atoms. The lowest BCUT2D eigenvalue weighted by molar-refractivity contribution is -0.116. The molecule has 1 heteroatoms. The first-order chi connectivity index (χ1) is 7.25. The zero-order valence-corrected chi connectivity index (χ0v) is 9.12. The van der Waals surface area contributed by atoms with E-state index < -0.39 is 0 Å². The minimum Gasteiger partial charge on any atom is -0.295 e. The molecule has 78 valence electrons. The number of rotatable bonds is 1. The van der Waals surface area contributed by atoms with Gasteiger partial charge < -0.3 is 0 Å². The fraction of sp³-hybridized carbons (Fsp3) is 0.357. The highest BCUT2D eigenvalue weighted by Crippen LogP contribution is 2.22. The maximum Gasteiger partial charge on any atom is 0.158 e. The van der Waals surface area contributed by atoms with Crippen LogP contribution in [-0.4, -0.2) is 5.78 Å². The Balaban J connectivity index is 2.21. The summed E-state index contributed by atoms with van der Waals surface area (Å²) in [5.41, 5.74) is 3.41. The van der Waals surface area contributed by atoms with Crippen LogP contribution in [0.5, 0.6) is 0 Å². The van der Waals surface area contributed by atoms with Crippen LogP contribution < -0.4 is 0 Å². The van der Waals surface area contributed by atoms with Gasteiger partial charge in [0.15, 0.2) is 5.78 Å². The fourth-order valence-electron chi connectivity index (χ4n) is 1.92. The van der Waals surface area contributed by atoms with Crippen molar-refractivity contribution < 1.29 is 4.79 Å². The van der Waals surface area contributed by atoms with Crippen LogP contribution in [-0.2, 0) is 4.79 Å². The molecule has 0 unspecified atom stereocenters. The van der Waals surface area contributed by atoms with Gasteiger partial charge in [-0.2, -0.15) is 0 Å². The van der Waals surface area contributed by atoms with E-state index in [-0.39, 0.29) is 0 Å². The summed E-state index contributed by atoms with van der Waals surface area (Å²) in [6.07, 6.45) is 5.94. The van der Waals surface area contributed by atoms with Gasteiger partial charge in [-0.3, -0.25) is 4.79 Å². The highest BCUT2D eigenvalue weighted by Gasteiger charge is 2.14. The first-order valence-corrected chi connectivity index (χ1v) is 5.56. The van der Waals surface area contributed by atoms with Crippen molar-refractivity contribution in [2.45, 2.75) is 32.6 Å². The molecule has 0 aromatic heterocycles. The molecule has 0 spiro atoms. The first kappa shape index (κ1) is 10.2. The van der Waals surface area contributed by atoms with Crippen molar-refractivity contribution in [1.29, 1.82) is 0 Å². The zero-order chi connectivity index (χ0) is 10.7. The number of ketones is 1. The van der Waals surface area contributed by atoms with Crippen molar-refractivity contribution in [2.75, 3.05) is 0 Å². The summed E-state index contributed by atoms with van der Waals surface area (Å²) in [6.45, 7) is 2.07. The van der Waals surface area contributed by atoms with Crippen LogP contribution in [0.3, 0.4) is 0 Å². The number of benzene rings is 1. The Morgan fingerprint density at radius 2 is 1.73 bits per heavy atom. The maximum absolute atomic E-state index is 11.6. The molecule has 1 aromatic carbocycles. The minimum atomic E-state index is 0.335. The molecule has 0 atom stereocenters. The van der Waals surface area contributed by atoms with E-state index in [2.05, 4.69) is 31.2 Å². The summed E-state index contributed by atoms with van der Waals surface area (Å²) in [6, 6.07) is 8.31. The molecule has 1 saturated carbocycles. The Bertz CT molecular complexity index is 384. The molecule has 1 nitrogen and oxygen atoms in total. The SMILES string of the molecule is Cc1ccc(C=C2CCCCC2=O)cc1. The second kappa shape index (κ2) is 4.43. The van der Waals surface area contributed by atoms with E-state index in [1.807, 2.05) is 6.08 Å². The Kier molecular flexibility index (Phi) is 3.00. The number of carbonyl (C=O) groups is 1. The highest BCUT2D eigenvalue weighted by atomic mass is 16.1. The van der Waals surface area contributed by atoms with Crippen LogP contribution in [0.15, 0.2) is 29.8 Å². The quantitative estimate of drug-likeness (QED) is 0.634. The Morgan fingerprint density at radius 1 is 1.07 bits per heavy atom. The van der Waals surface area contributed by atoms with Crippen LogP contribution in [0.2, 0.25) is 0 Å². The van der Waals surface area contributed by atoms with Crippen LogP contribution >= 0.6 is 0 Å². The van der Waals surface area contributed by atoms with Crippen molar-refractivity contribution in [3.63, 3.8) is 0 Å². The molecule has 15 heavy (non-hydrogen) atoms. The predicted octanol–water partition coefficient (Wildman–Crippen LogP) is 3.52. The van der Waals surface area contributed by atoms with Gasteiger partial charge in [-0.15, -0.1) is 0 Å². The monoisotopic (exact) mass is 200 g/mol. The fourth-order valence-corrected chi connectivity index (χ4v) is 1.92. The first-order valence-electron chi connectivity index (χ1n) is 5.56. The topological polar surface area (TPSA) is 17.1 Å². The molecule has 1 aromatic rings. The third-order valence-electron chi connectivity index (χ3n) is 2.88. The molecule has 2 rings (SSSR count). The number of allylic oxidation sites excluding steroid dienone is 1. The summed E-state index contributed by atoms with van der Waals surface area (Å²) in [5, 5.41) is 0. The standard InChI is InChI=1S/C14H16O/c1-11-6-8-12(9-7-11)10-13-4-2-3-5-14(13)15/h6-10H,2-5H2,1H3. The molecule has 1 aliphatic carbocycles. The Hall–Kier alpha value is -1.37. The molecule has 0 aliphatic heterocycles. The molecule has 0 heterocycles. The van der Waals surface area contributed by atoms with Gasteiger partial charge in [-0.25, -0.2) is 0 Å². The lowest BCUT2D eigenvalue weighted by Crippen LogP contribution is -2.07. The summed E-state index contributed by atoms with van der Waals surface area (Å²) in [4.78, 5) is 11.6. The van der Waals surface area contributed by atoms with Crippen molar-refractivity contribution >= 4 is 11.9 Å². The highest BCUT2D eigenvalue weighted by molar-refractivity contribution is 6.00. The van der Waals surface area contributed by atoms with Crippen molar-refractivity contribution in [1.82, 2.24) is 0 Å². The number of hydrogen-bond acceptors (Lipinski definition) is 1. The third kappa shape index (κ3) is 2.56. The number of Topliss-reactive ketones (excluding diaryl/α,β-unsaturated/α-hetero) is 1. The molecular formula is C14H16O. The van der Waals surface area contributed by atoms with Gasteiger partial charge in [-0.05, 0) is 43.4 Å². The molecule has 0 amide bonds. The molecule has 1 aliphatic rings. The molecule has 0 N–H and O–H groups in total. The van der Waals surface area contributed by atoms with Gasteiger partial charge in [0.2, 0.25) is 0 Å². The van der Waals surface area contributed by atoms with E-state index in [0.717, 1.165) is 36.8 Å². The number of aryl methyl sites for hydroxylation is 1. The molecule has 1 fully saturated rings. The van der Waals surface area contributed by atoms with Crippen molar-refractivity contribution in [3.05, 3.63) is 41.0 Å². The van der Waals surface area contributed by atoms with E-state index in [9.17, 15) is 4.79 Å². The summed E-state index contributed by atoms with van der Waals surface area (Å²) >= 11 is 0. The van der Waals surface area contributed by atoms with Crippen molar-refractivity contribution in [2.24, 2.45) is 0 Å². The van der Waals surface area contributed by atoms with Gasteiger partial charge in [0.1, 0.15) is 0 Å². The second-order valence-corrected chi connectivity index (χ2v) is 4.21. The van der Waals surface area contributed by atoms with Crippen molar-refractivity contribution in [3.8, 4) is 0 Å². The Labute approximate surface area is 90.8 Å². The van der Waals surface area contributed by atoms with Gasteiger partial charge in [0.25, 0.3) is 0 Å². The lowest BCUT2D eigenvalue weighted by Gasteiger charge is -2.12. The average Bonchev–Trinajstić information content (AvgIpc) is 2.25. The van der Waals surface area contributed by atoms with E-state index in [1.54, 1.807) is 0 Å². The second-order valence-electron chi connectivity index (χ2n) is 4.21. The third-order valence-corrected chi connectivity index (χ3v) is 2.88. The normalized spacial score (nSPS) is 19.5.